The SMILES string of the molecule is Cc1cccc(NC(=O)c2cc(Nc3cccc(Cl)c3)ncn2)c1. The predicted octanol–water partition coefficient (Wildman–Crippen LogP) is 4.43. The Morgan fingerprint density at radius 1 is 1.00 bits per heavy atom. The van der Waals surface area contributed by atoms with Gasteiger partial charge in [-0.05, 0) is 42.8 Å². The van der Waals surface area contributed by atoms with Crippen LogP contribution in [0.5, 0.6) is 0 Å². The largest absolute Gasteiger partial charge is 0.340 e. The molecule has 0 atom stereocenters. The Kier molecular flexibility index (Phi) is 4.72. The fraction of sp³-hybridized carbons (Fsp3) is 0.0556. The average molecular weight is 339 g/mol. The second-order valence-corrected chi connectivity index (χ2v) is 5.68. The Morgan fingerprint density at radius 3 is 2.58 bits per heavy atom. The van der Waals surface area contributed by atoms with Crippen molar-refractivity contribution in [2.75, 3.05) is 10.6 Å². The van der Waals surface area contributed by atoms with Crippen molar-refractivity contribution in [2.24, 2.45) is 0 Å². The zero-order valence-electron chi connectivity index (χ0n) is 13.0. The molecular weight excluding hydrogens is 324 g/mol. The highest BCUT2D eigenvalue weighted by atomic mass is 35.5. The molecule has 2 aromatic carbocycles. The molecule has 3 rings (SSSR count). The van der Waals surface area contributed by atoms with E-state index in [2.05, 4.69) is 20.6 Å². The van der Waals surface area contributed by atoms with Crippen LogP contribution in [0, 0.1) is 6.92 Å². The van der Waals surface area contributed by atoms with Crippen molar-refractivity contribution >= 4 is 34.7 Å². The fourth-order valence-electron chi connectivity index (χ4n) is 2.18. The van der Waals surface area contributed by atoms with E-state index >= 15 is 0 Å². The van der Waals surface area contributed by atoms with Crippen molar-refractivity contribution in [1.29, 1.82) is 0 Å². The number of anilines is 3. The summed E-state index contributed by atoms with van der Waals surface area (Å²) in [6.45, 7) is 1.97. The number of nitrogens with zero attached hydrogens (tertiary/aromatic N) is 2. The molecule has 6 heteroatoms. The van der Waals surface area contributed by atoms with E-state index in [1.54, 1.807) is 18.2 Å². The Bertz CT molecular complexity index is 882. The average Bonchev–Trinajstić information content (AvgIpc) is 2.55. The molecule has 0 saturated carbocycles. The van der Waals surface area contributed by atoms with E-state index in [-0.39, 0.29) is 11.6 Å². The number of aromatic nitrogens is 2. The molecule has 24 heavy (non-hydrogen) atoms. The summed E-state index contributed by atoms with van der Waals surface area (Å²) in [6.07, 6.45) is 1.35. The van der Waals surface area contributed by atoms with Gasteiger partial charge in [-0.3, -0.25) is 4.79 Å². The van der Waals surface area contributed by atoms with Crippen molar-refractivity contribution in [2.45, 2.75) is 6.92 Å². The third-order valence-corrected chi connectivity index (χ3v) is 3.51. The lowest BCUT2D eigenvalue weighted by molar-refractivity contribution is 0.102. The molecule has 0 radical (unpaired) electrons. The number of amides is 1. The Morgan fingerprint density at radius 2 is 1.79 bits per heavy atom. The zero-order valence-corrected chi connectivity index (χ0v) is 13.7. The van der Waals surface area contributed by atoms with Gasteiger partial charge in [-0.25, -0.2) is 9.97 Å². The van der Waals surface area contributed by atoms with Crippen LogP contribution in [0.4, 0.5) is 17.2 Å². The lowest BCUT2D eigenvalue weighted by Gasteiger charge is -2.08. The van der Waals surface area contributed by atoms with Gasteiger partial charge in [-0.1, -0.05) is 29.8 Å². The maximum Gasteiger partial charge on any atom is 0.274 e. The molecule has 1 heterocycles. The van der Waals surface area contributed by atoms with Crippen molar-refractivity contribution in [1.82, 2.24) is 9.97 Å². The topological polar surface area (TPSA) is 66.9 Å². The maximum atomic E-state index is 12.3. The van der Waals surface area contributed by atoms with Crippen LogP contribution in [-0.2, 0) is 0 Å². The minimum Gasteiger partial charge on any atom is -0.340 e. The quantitative estimate of drug-likeness (QED) is 0.738. The van der Waals surface area contributed by atoms with E-state index < -0.39 is 0 Å². The summed E-state index contributed by atoms with van der Waals surface area (Å²) in [5.41, 5.74) is 2.85. The van der Waals surface area contributed by atoms with Crippen molar-refractivity contribution in [3.8, 4) is 0 Å². The maximum absolute atomic E-state index is 12.3. The number of benzene rings is 2. The minimum absolute atomic E-state index is 0.274. The second kappa shape index (κ2) is 7.10. The summed E-state index contributed by atoms with van der Waals surface area (Å²) in [5.74, 6) is 0.221. The minimum atomic E-state index is -0.294. The van der Waals surface area contributed by atoms with E-state index in [4.69, 9.17) is 11.6 Å². The normalized spacial score (nSPS) is 10.2. The molecule has 0 aliphatic heterocycles. The summed E-state index contributed by atoms with van der Waals surface area (Å²) in [4.78, 5) is 20.5. The number of rotatable bonds is 4. The van der Waals surface area contributed by atoms with E-state index in [9.17, 15) is 4.79 Å². The van der Waals surface area contributed by atoms with Crippen LogP contribution < -0.4 is 10.6 Å². The summed E-state index contributed by atoms with van der Waals surface area (Å²) in [5, 5.41) is 6.54. The molecule has 0 spiro atoms. The molecule has 3 aromatic rings. The van der Waals surface area contributed by atoms with Crippen LogP contribution in [0.3, 0.4) is 0 Å². The van der Waals surface area contributed by atoms with Gasteiger partial charge < -0.3 is 10.6 Å². The number of nitrogens with one attached hydrogen (secondary N) is 2. The number of hydrogen-bond donors (Lipinski definition) is 2. The zero-order chi connectivity index (χ0) is 16.9. The smallest absolute Gasteiger partial charge is 0.274 e. The monoisotopic (exact) mass is 338 g/mol. The van der Waals surface area contributed by atoms with E-state index in [0.29, 0.717) is 10.8 Å². The van der Waals surface area contributed by atoms with Gasteiger partial charge in [0.2, 0.25) is 0 Å². The summed E-state index contributed by atoms with van der Waals surface area (Å²) >= 11 is 5.96. The van der Waals surface area contributed by atoms with E-state index in [0.717, 1.165) is 16.9 Å². The highest BCUT2D eigenvalue weighted by molar-refractivity contribution is 6.30. The van der Waals surface area contributed by atoms with Crippen LogP contribution in [-0.4, -0.2) is 15.9 Å². The van der Waals surface area contributed by atoms with Gasteiger partial charge in [0.1, 0.15) is 17.8 Å². The molecule has 1 amide bonds. The van der Waals surface area contributed by atoms with E-state index in [1.807, 2.05) is 43.3 Å². The van der Waals surface area contributed by atoms with Gasteiger partial charge in [0.05, 0.1) is 0 Å². The summed E-state index contributed by atoms with van der Waals surface area (Å²) < 4.78 is 0. The van der Waals surface area contributed by atoms with E-state index in [1.165, 1.54) is 6.33 Å². The first kappa shape index (κ1) is 16.0. The van der Waals surface area contributed by atoms with Gasteiger partial charge >= 0.3 is 0 Å². The first-order valence-electron chi connectivity index (χ1n) is 7.33. The molecule has 0 unspecified atom stereocenters. The van der Waals surface area contributed by atoms with Crippen LogP contribution in [0.15, 0.2) is 60.9 Å². The van der Waals surface area contributed by atoms with Crippen LogP contribution in [0.25, 0.3) is 0 Å². The van der Waals surface area contributed by atoms with Crippen LogP contribution in [0.2, 0.25) is 5.02 Å². The number of carbonyl (C=O) groups is 1. The van der Waals surface area contributed by atoms with Crippen molar-refractivity contribution in [3.63, 3.8) is 0 Å². The standard InChI is InChI=1S/C18H15ClN4O/c1-12-4-2-6-14(8-12)23-18(24)16-10-17(21-11-20-16)22-15-7-3-5-13(19)9-15/h2-11H,1H3,(H,23,24)(H,20,21,22). The molecule has 5 nitrogen and oxygen atoms in total. The molecule has 0 bridgehead atoms. The second-order valence-electron chi connectivity index (χ2n) is 5.25. The third kappa shape index (κ3) is 4.08. The lowest BCUT2D eigenvalue weighted by Crippen LogP contribution is -2.14. The highest BCUT2D eigenvalue weighted by Gasteiger charge is 2.09. The number of hydrogen-bond acceptors (Lipinski definition) is 4. The molecule has 0 saturated heterocycles. The van der Waals surface area contributed by atoms with Crippen molar-refractivity contribution < 1.29 is 4.79 Å². The Labute approximate surface area is 144 Å². The molecule has 0 fully saturated rings. The first-order valence-corrected chi connectivity index (χ1v) is 7.70. The molecule has 120 valence electrons. The van der Waals surface area contributed by atoms with Gasteiger partial charge in [0, 0.05) is 22.5 Å². The summed E-state index contributed by atoms with van der Waals surface area (Å²) in [6, 6.07) is 16.4. The lowest BCUT2D eigenvalue weighted by atomic mass is 10.2. The Balaban J connectivity index is 1.76. The van der Waals surface area contributed by atoms with Gasteiger partial charge in [-0.15, -0.1) is 0 Å². The van der Waals surface area contributed by atoms with Crippen molar-refractivity contribution in [3.05, 3.63) is 77.2 Å². The number of aryl methyl sites for hydroxylation is 1. The first-order chi connectivity index (χ1) is 11.6. The van der Waals surface area contributed by atoms with Gasteiger partial charge in [0.15, 0.2) is 0 Å². The molecule has 2 N–H and O–H groups in total. The fourth-order valence-corrected chi connectivity index (χ4v) is 2.37. The van der Waals surface area contributed by atoms with Gasteiger partial charge in [-0.2, -0.15) is 0 Å². The molecule has 0 aliphatic carbocycles. The Hall–Kier alpha value is -2.92. The molecular formula is C18H15ClN4O. The van der Waals surface area contributed by atoms with Crippen LogP contribution in [0.1, 0.15) is 16.1 Å². The van der Waals surface area contributed by atoms with Crippen LogP contribution >= 0.6 is 11.6 Å². The number of halogens is 1. The van der Waals surface area contributed by atoms with Gasteiger partial charge in [0.25, 0.3) is 5.91 Å². The summed E-state index contributed by atoms with van der Waals surface area (Å²) in [7, 11) is 0. The molecule has 0 aliphatic rings. The molecule has 1 aromatic heterocycles. The third-order valence-electron chi connectivity index (χ3n) is 3.27. The number of carbonyl (C=O) groups excluding carboxylic acids is 1. The highest BCUT2D eigenvalue weighted by Crippen LogP contribution is 2.19. The predicted molar refractivity (Wildman–Crippen MR) is 95.9 cm³/mol.